The fourth-order valence-corrected chi connectivity index (χ4v) is 1.28. The van der Waals surface area contributed by atoms with E-state index >= 15 is 0 Å². The van der Waals surface area contributed by atoms with Gasteiger partial charge in [-0.2, -0.15) is 0 Å². The summed E-state index contributed by atoms with van der Waals surface area (Å²) in [6.45, 7) is 5.58. The zero-order valence-corrected chi connectivity index (χ0v) is 8.63. The van der Waals surface area contributed by atoms with E-state index in [1.807, 2.05) is 6.92 Å². The maximum absolute atomic E-state index is 9.68. The highest BCUT2D eigenvalue weighted by Crippen LogP contribution is 2.37. The molecule has 0 bridgehead atoms. The lowest BCUT2D eigenvalue weighted by Crippen LogP contribution is -1.92. The molecule has 1 aromatic carbocycles. The number of ether oxygens (including phenoxy) is 2. The molecule has 0 radical (unpaired) electrons. The first-order valence-corrected chi connectivity index (χ1v) is 4.21. The maximum Gasteiger partial charge on any atom is 0.133 e. The summed E-state index contributed by atoms with van der Waals surface area (Å²) in [6.07, 6.45) is 0. The Balaban J connectivity index is 3.34. The van der Waals surface area contributed by atoms with Gasteiger partial charge in [-0.3, -0.25) is 0 Å². The third-order valence-electron chi connectivity index (χ3n) is 1.94. The smallest absolute Gasteiger partial charge is 0.133 e. The van der Waals surface area contributed by atoms with Crippen LogP contribution in [-0.4, -0.2) is 19.3 Å². The third kappa shape index (κ3) is 1.82. The molecule has 0 unspecified atom stereocenters. The maximum atomic E-state index is 9.68. The lowest BCUT2D eigenvalue weighted by Gasteiger charge is -2.12. The standard InChI is InChI=1S/C11H14O3/c1-7(2)11-9(12)5-8(13-3)6-10(11)14-4/h5-6,12H,1H2,2-4H3. The van der Waals surface area contributed by atoms with E-state index in [2.05, 4.69) is 6.58 Å². The summed E-state index contributed by atoms with van der Waals surface area (Å²) in [6, 6.07) is 3.25. The van der Waals surface area contributed by atoms with Crippen molar-refractivity contribution in [2.75, 3.05) is 14.2 Å². The largest absolute Gasteiger partial charge is 0.507 e. The van der Waals surface area contributed by atoms with E-state index in [1.165, 1.54) is 13.2 Å². The van der Waals surface area contributed by atoms with Crippen LogP contribution in [0.4, 0.5) is 0 Å². The molecule has 0 amide bonds. The molecule has 0 aliphatic heterocycles. The van der Waals surface area contributed by atoms with Crippen LogP contribution in [-0.2, 0) is 0 Å². The molecule has 14 heavy (non-hydrogen) atoms. The summed E-state index contributed by atoms with van der Waals surface area (Å²) in [4.78, 5) is 0. The Labute approximate surface area is 83.6 Å². The van der Waals surface area contributed by atoms with Crippen LogP contribution in [0.25, 0.3) is 5.57 Å². The van der Waals surface area contributed by atoms with E-state index in [-0.39, 0.29) is 5.75 Å². The van der Waals surface area contributed by atoms with Gasteiger partial charge in [-0.05, 0) is 12.5 Å². The van der Waals surface area contributed by atoms with Gasteiger partial charge in [0.2, 0.25) is 0 Å². The highest BCUT2D eigenvalue weighted by atomic mass is 16.5. The summed E-state index contributed by atoms with van der Waals surface area (Å²) in [5.74, 6) is 1.24. The molecule has 0 heterocycles. The van der Waals surface area contributed by atoms with Crippen LogP contribution >= 0.6 is 0 Å². The van der Waals surface area contributed by atoms with Crippen LogP contribution in [0.2, 0.25) is 0 Å². The minimum absolute atomic E-state index is 0.119. The molecule has 0 saturated heterocycles. The van der Waals surface area contributed by atoms with Crippen LogP contribution in [0.3, 0.4) is 0 Å². The molecular weight excluding hydrogens is 180 g/mol. The van der Waals surface area contributed by atoms with Gasteiger partial charge in [0.1, 0.15) is 17.2 Å². The number of methoxy groups -OCH3 is 2. The van der Waals surface area contributed by atoms with Gasteiger partial charge in [0.05, 0.1) is 19.8 Å². The predicted octanol–water partition coefficient (Wildman–Crippen LogP) is 2.44. The van der Waals surface area contributed by atoms with E-state index in [0.717, 1.165) is 5.57 Å². The van der Waals surface area contributed by atoms with Gasteiger partial charge in [-0.25, -0.2) is 0 Å². The number of phenols is 1. The second-order valence-electron chi connectivity index (χ2n) is 3.00. The zero-order chi connectivity index (χ0) is 10.7. The minimum Gasteiger partial charge on any atom is -0.507 e. The van der Waals surface area contributed by atoms with Crippen molar-refractivity contribution >= 4 is 5.57 Å². The lowest BCUT2D eigenvalue weighted by atomic mass is 10.1. The van der Waals surface area contributed by atoms with Gasteiger partial charge >= 0.3 is 0 Å². The summed E-state index contributed by atoms with van der Waals surface area (Å²) >= 11 is 0. The van der Waals surface area contributed by atoms with Crippen molar-refractivity contribution < 1.29 is 14.6 Å². The first-order valence-electron chi connectivity index (χ1n) is 4.21. The zero-order valence-electron chi connectivity index (χ0n) is 8.63. The molecule has 0 spiro atoms. The van der Waals surface area contributed by atoms with Crippen LogP contribution in [0.1, 0.15) is 12.5 Å². The Bertz CT molecular complexity index is 356. The van der Waals surface area contributed by atoms with Gasteiger partial charge < -0.3 is 14.6 Å². The molecule has 0 aliphatic rings. The van der Waals surface area contributed by atoms with Crippen molar-refractivity contribution in [1.82, 2.24) is 0 Å². The van der Waals surface area contributed by atoms with E-state index in [1.54, 1.807) is 13.2 Å². The van der Waals surface area contributed by atoms with Gasteiger partial charge in [0, 0.05) is 12.1 Å². The molecule has 1 aromatic rings. The highest BCUT2D eigenvalue weighted by molar-refractivity contribution is 5.73. The van der Waals surface area contributed by atoms with Crippen LogP contribution in [0.5, 0.6) is 17.2 Å². The van der Waals surface area contributed by atoms with Crippen molar-refractivity contribution in [2.45, 2.75) is 6.92 Å². The van der Waals surface area contributed by atoms with Gasteiger partial charge in [0.15, 0.2) is 0 Å². The number of hydrogen-bond donors (Lipinski definition) is 1. The van der Waals surface area contributed by atoms with Crippen molar-refractivity contribution in [3.05, 3.63) is 24.3 Å². The Morgan fingerprint density at radius 3 is 2.36 bits per heavy atom. The Kier molecular flexibility index (Phi) is 3.02. The second kappa shape index (κ2) is 4.05. The average Bonchev–Trinajstić information content (AvgIpc) is 2.15. The molecule has 1 rings (SSSR count). The van der Waals surface area contributed by atoms with Gasteiger partial charge in [-0.1, -0.05) is 6.58 Å². The Morgan fingerprint density at radius 1 is 1.29 bits per heavy atom. The number of benzene rings is 1. The topological polar surface area (TPSA) is 38.7 Å². The molecule has 0 fully saturated rings. The number of rotatable bonds is 3. The summed E-state index contributed by atoms with van der Waals surface area (Å²) in [5.41, 5.74) is 1.37. The molecule has 0 aromatic heterocycles. The minimum atomic E-state index is 0.119. The van der Waals surface area contributed by atoms with Gasteiger partial charge in [0.25, 0.3) is 0 Å². The first-order chi connectivity index (χ1) is 6.60. The molecular formula is C11H14O3. The summed E-state index contributed by atoms with van der Waals surface area (Å²) in [7, 11) is 3.08. The number of hydrogen-bond acceptors (Lipinski definition) is 3. The first kappa shape index (κ1) is 10.4. The summed E-state index contributed by atoms with van der Waals surface area (Å²) < 4.78 is 10.1. The van der Waals surface area contributed by atoms with E-state index in [4.69, 9.17) is 9.47 Å². The van der Waals surface area contributed by atoms with Crippen molar-refractivity contribution in [1.29, 1.82) is 0 Å². The molecule has 0 aliphatic carbocycles. The van der Waals surface area contributed by atoms with Crippen LogP contribution in [0.15, 0.2) is 18.7 Å². The monoisotopic (exact) mass is 194 g/mol. The fourth-order valence-electron chi connectivity index (χ4n) is 1.28. The SMILES string of the molecule is C=C(C)c1c(O)cc(OC)cc1OC. The van der Waals surface area contributed by atoms with Crippen LogP contribution in [0, 0.1) is 0 Å². The third-order valence-corrected chi connectivity index (χ3v) is 1.94. The number of aromatic hydroxyl groups is 1. The molecule has 0 atom stereocenters. The van der Waals surface area contributed by atoms with Crippen molar-refractivity contribution in [3.8, 4) is 17.2 Å². The quantitative estimate of drug-likeness (QED) is 0.803. The van der Waals surface area contributed by atoms with Crippen molar-refractivity contribution in [3.63, 3.8) is 0 Å². The van der Waals surface area contributed by atoms with E-state index in [0.29, 0.717) is 17.1 Å². The molecule has 0 saturated carbocycles. The molecule has 3 heteroatoms. The normalized spacial score (nSPS) is 9.64. The lowest BCUT2D eigenvalue weighted by molar-refractivity contribution is 0.383. The molecule has 3 nitrogen and oxygen atoms in total. The molecule has 1 N–H and O–H groups in total. The fraction of sp³-hybridized carbons (Fsp3) is 0.273. The van der Waals surface area contributed by atoms with E-state index in [9.17, 15) is 5.11 Å². The Morgan fingerprint density at radius 2 is 1.93 bits per heavy atom. The van der Waals surface area contributed by atoms with Gasteiger partial charge in [-0.15, -0.1) is 0 Å². The van der Waals surface area contributed by atoms with E-state index < -0.39 is 0 Å². The van der Waals surface area contributed by atoms with Crippen LogP contribution < -0.4 is 9.47 Å². The average molecular weight is 194 g/mol. The molecule has 76 valence electrons. The predicted molar refractivity (Wildman–Crippen MR) is 55.9 cm³/mol. The Hall–Kier alpha value is -1.64. The second-order valence-corrected chi connectivity index (χ2v) is 3.00. The number of phenolic OH excluding ortho intramolecular Hbond substituents is 1. The summed E-state index contributed by atoms with van der Waals surface area (Å²) in [5, 5.41) is 9.68. The van der Waals surface area contributed by atoms with Crippen molar-refractivity contribution in [2.24, 2.45) is 0 Å². The highest BCUT2D eigenvalue weighted by Gasteiger charge is 2.11. The number of allylic oxidation sites excluding steroid dienone is 1.